The monoisotopic (exact) mass is 451 g/mol. The second-order valence-electron chi connectivity index (χ2n) is 8.55. The zero-order chi connectivity index (χ0) is 22.9. The predicted octanol–water partition coefficient (Wildman–Crippen LogP) is 2.18. The Kier molecular flexibility index (Phi) is 5.62. The summed E-state index contributed by atoms with van der Waals surface area (Å²) in [4.78, 5) is 44.6. The van der Waals surface area contributed by atoms with Crippen LogP contribution in [0.15, 0.2) is 36.5 Å². The summed E-state index contributed by atoms with van der Waals surface area (Å²) in [6, 6.07) is 8.87. The zero-order valence-corrected chi connectivity index (χ0v) is 18.4. The molecule has 1 aromatic carbocycles. The van der Waals surface area contributed by atoms with E-state index in [2.05, 4.69) is 9.72 Å². The summed E-state index contributed by atoms with van der Waals surface area (Å²) in [6.45, 7) is 1.41. The van der Waals surface area contributed by atoms with Crippen LogP contribution >= 0.6 is 0 Å². The summed E-state index contributed by atoms with van der Waals surface area (Å²) in [6.07, 6.45) is 3.90. The first-order valence-electron chi connectivity index (χ1n) is 11.1. The van der Waals surface area contributed by atoms with Gasteiger partial charge in [0.2, 0.25) is 5.88 Å². The number of esters is 1. The van der Waals surface area contributed by atoms with Crippen LogP contribution in [-0.4, -0.2) is 60.6 Å². The first kappa shape index (κ1) is 21.2. The highest BCUT2D eigenvalue weighted by Gasteiger charge is 2.36. The highest BCUT2D eigenvalue weighted by Crippen LogP contribution is 2.31. The second-order valence-corrected chi connectivity index (χ2v) is 8.55. The van der Waals surface area contributed by atoms with Gasteiger partial charge in [-0.1, -0.05) is 6.07 Å². The van der Waals surface area contributed by atoms with E-state index in [1.165, 1.54) is 24.9 Å². The zero-order valence-electron chi connectivity index (χ0n) is 18.4. The molecule has 2 fully saturated rings. The molecule has 2 amide bonds. The number of carbonyl (C=O) groups is 3. The fraction of sp³-hybridized carbons (Fsp3) is 0.417. The van der Waals surface area contributed by atoms with Crippen molar-refractivity contribution in [3.05, 3.63) is 47.7 Å². The molecule has 1 atom stereocenters. The first-order valence-corrected chi connectivity index (χ1v) is 11.1. The number of pyridine rings is 1. The van der Waals surface area contributed by atoms with Gasteiger partial charge in [-0.2, -0.15) is 0 Å². The molecule has 33 heavy (non-hydrogen) atoms. The van der Waals surface area contributed by atoms with Gasteiger partial charge in [0.1, 0.15) is 12.3 Å². The quantitative estimate of drug-likeness (QED) is 0.568. The minimum atomic E-state index is -0.621. The second kappa shape index (κ2) is 8.73. The van der Waals surface area contributed by atoms with Gasteiger partial charge in [0.05, 0.1) is 19.9 Å². The van der Waals surface area contributed by atoms with E-state index in [0.29, 0.717) is 54.9 Å². The number of amides is 2. The standard InChI is InChI=1S/C24H25N3O6/c1-31-22(28)13-26-12-16-4-5-17(10-19(16)23(26)29)27-9-8-20(24(27)30)33-18-6-7-21(25-11-18)32-14-15-2-3-15/h4-7,10-11,15,20H,2-3,8-9,12-14H2,1H3. The lowest BCUT2D eigenvalue weighted by molar-refractivity contribution is -0.141. The molecular weight excluding hydrogens is 426 g/mol. The Morgan fingerprint density at radius 1 is 1.15 bits per heavy atom. The van der Waals surface area contributed by atoms with Crippen molar-refractivity contribution < 1.29 is 28.6 Å². The molecule has 0 bridgehead atoms. The average molecular weight is 451 g/mol. The van der Waals surface area contributed by atoms with Gasteiger partial charge < -0.3 is 24.0 Å². The summed E-state index contributed by atoms with van der Waals surface area (Å²) in [5.74, 6) is 0.834. The SMILES string of the molecule is COC(=O)CN1Cc2ccc(N3CCC(Oc4ccc(OCC5CC5)nc4)C3=O)cc2C1=O. The van der Waals surface area contributed by atoms with Crippen LogP contribution in [0.3, 0.4) is 0 Å². The molecule has 0 radical (unpaired) electrons. The lowest BCUT2D eigenvalue weighted by atomic mass is 10.1. The molecule has 5 rings (SSSR count). The molecule has 0 spiro atoms. The van der Waals surface area contributed by atoms with Crippen LogP contribution in [0.25, 0.3) is 0 Å². The molecule has 1 unspecified atom stereocenters. The van der Waals surface area contributed by atoms with Crippen molar-refractivity contribution in [3.63, 3.8) is 0 Å². The molecule has 9 nitrogen and oxygen atoms in total. The number of methoxy groups -OCH3 is 1. The van der Waals surface area contributed by atoms with Crippen LogP contribution in [0.2, 0.25) is 0 Å². The number of carbonyl (C=O) groups excluding carboxylic acids is 3. The van der Waals surface area contributed by atoms with Crippen molar-refractivity contribution in [2.24, 2.45) is 5.92 Å². The van der Waals surface area contributed by atoms with Crippen LogP contribution in [0, 0.1) is 5.92 Å². The van der Waals surface area contributed by atoms with Crippen LogP contribution in [-0.2, 0) is 20.9 Å². The van der Waals surface area contributed by atoms with Crippen LogP contribution < -0.4 is 14.4 Å². The number of hydrogen-bond acceptors (Lipinski definition) is 7. The van der Waals surface area contributed by atoms with Crippen molar-refractivity contribution in [1.82, 2.24) is 9.88 Å². The number of fused-ring (bicyclic) bond motifs is 1. The lowest BCUT2D eigenvalue weighted by Crippen LogP contribution is -2.32. The van der Waals surface area contributed by atoms with Crippen molar-refractivity contribution in [1.29, 1.82) is 0 Å². The van der Waals surface area contributed by atoms with E-state index in [1.807, 2.05) is 12.1 Å². The number of rotatable bonds is 8. The van der Waals surface area contributed by atoms with E-state index in [-0.39, 0.29) is 18.4 Å². The van der Waals surface area contributed by atoms with Crippen molar-refractivity contribution in [2.45, 2.75) is 31.9 Å². The van der Waals surface area contributed by atoms with Crippen LogP contribution in [0.5, 0.6) is 11.6 Å². The molecule has 1 saturated heterocycles. The van der Waals surface area contributed by atoms with E-state index in [9.17, 15) is 14.4 Å². The minimum absolute atomic E-state index is 0.101. The number of anilines is 1. The summed E-state index contributed by atoms with van der Waals surface area (Å²) < 4.78 is 16.2. The molecule has 2 aromatic rings. The lowest BCUT2D eigenvalue weighted by Gasteiger charge is -2.18. The maximum atomic E-state index is 13.0. The number of nitrogens with zero attached hydrogens (tertiary/aromatic N) is 3. The normalized spacial score (nSPS) is 19.6. The Morgan fingerprint density at radius 3 is 2.73 bits per heavy atom. The molecule has 3 aliphatic rings. The smallest absolute Gasteiger partial charge is 0.325 e. The molecule has 9 heteroatoms. The predicted molar refractivity (Wildman–Crippen MR) is 117 cm³/mol. The Hall–Kier alpha value is -3.62. The first-order chi connectivity index (χ1) is 16.0. The minimum Gasteiger partial charge on any atom is -0.479 e. The number of ether oxygens (including phenoxy) is 3. The Morgan fingerprint density at radius 2 is 2.00 bits per heavy atom. The Bertz CT molecular complexity index is 1080. The highest BCUT2D eigenvalue weighted by atomic mass is 16.5. The summed E-state index contributed by atoms with van der Waals surface area (Å²) in [7, 11) is 1.29. The molecule has 0 N–H and O–H groups in total. The van der Waals surface area contributed by atoms with E-state index < -0.39 is 12.1 Å². The van der Waals surface area contributed by atoms with Crippen molar-refractivity contribution >= 4 is 23.5 Å². The Labute approximate surface area is 191 Å². The largest absolute Gasteiger partial charge is 0.479 e. The van der Waals surface area contributed by atoms with E-state index in [4.69, 9.17) is 9.47 Å². The highest BCUT2D eigenvalue weighted by molar-refractivity contribution is 6.03. The molecule has 1 aromatic heterocycles. The van der Waals surface area contributed by atoms with Gasteiger partial charge in [-0.05, 0) is 42.5 Å². The number of benzene rings is 1. The number of hydrogen-bond donors (Lipinski definition) is 0. The third-order valence-corrected chi connectivity index (χ3v) is 6.14. The number of aromatic nitrogens is 1. The summed E-state index contributed by atoms with van der Waals surface area (Å²) in [5, 5.41) is 0. The van der Waals surface area contributed by atoms with Crippen LogP contribution in [0.1, 0.15) is 35.2 Å². The third kappa shape index (κ3) is 4.48. The third-order valence-electron chi connectivity index (χ3n) is 6.14. The molecule has 3 heterocycles. The van der Waals surface area contributed by atoms with Crippen molar-refractivity contribution in [3.8, 4) is 11.6 Å². The maximum absolute atomic E-state index is 13.0. The van der Waals surface area contributed by atoms with E-state index >= 15 is 0 Å². The van der Waals surface area contributed by atoms with Gasteiger partial charge >= 0.3 is 5.97 Å². The Balaban J connectivity index is 1.22. The van der Waals surface area contributed by atoms with E-state index in [1.54, 1.807) is 29.3 Å². The topological polar surface area (TPSA) is 98.3 Å². The molecule has 172 valence electrons. The van der Waals surface area contributed by atoms with Gasteiger partial charge in [0.25, 0.3) is 11.8 Å². The summed E-state index contributed by atoms with van der Waals surface area (Å²) >= 11 is 0. The molecule has 1 saturated carbocycles. The van der Waals surface area contributed by atoms with Gasteiger partial charge in [0.15, 0.2) is 6.10 Å². The van der Waals surface area contributed by atoms with Gasteiger partial charge in [-0.3, -0.25) is 14.4 Å². The fourth-order valence-corrected chi connectivity index (χ4v) is 4.06. The molecule has 2 aliphatic heterocycles. The van der Waals surface area contributed by atoms with Gasteiger partial charge in [0, 0.05) is 36.8 Å². The maximum Gasteiger partial charge on any atom is 0.325 e. The van der Waals surface area contributed by atoms with E-state index in [0.717, 1.165) is 5.56 Å². The summed E-state index contributed by atoms with van der Waals surface area (Å²) in [5.41, 5.74) is 1.96. The molecule has 1 aliphatic carbocycles. The fourth-order valence-electron chi connectivity index (χ4n) is 4.06. The average Bonchev–Trinajstić information content (AvgIpc) is 3.53. The molecular formula is C24H25N3O6. The van der Waals surface area contributed by atoms with Gasteiger partial charge in [-0.15, -0.1) is 0 Å². The van der Waals surface area contributed by atoms with Crippen LogP contribution in [0.4, 0.5) is 5.69 Å². The van der Waals surface area contributed by atoms with Crippen molar-refractivity contribution in [2.75, 3.05) is 31.7 Å². The van der Waals surface area contributed by atoms with Gasteiger partial charge in [-0.25, -0.2) is 4.98 Å².